The van der Waals surface area contributed by atoms with E-state index in [1.165, 1.54) is 4.90 Å². The summed E-state index contributed by atoms with van der Waals surface area (Å²) in [7, 11) is 1.59. The number of hydrogen-bond acceptors (Lipinski definition) is 3. The van der Waals surface area contributed by atoms with E-state index >= 15 is 0 Å². The monoisotopic (exact) mass is 246 g/mol. The summed E-state index contributed by atoms with van der Waals surface area (Å²) in [6.07, 6.45) is 0.752. The van der Waals surface area contributed by atoms with Crippen molar-refractivity contribution < 1.29 is 19.8 Å². The van der Waals surface area contributed by atoms with E-state index in [2.05, 4.69) is 5.32 Å². The molecule has 0 radical (unpaired) electrons. The quantitative estimate of drug-likeness (QED) is 0.610. The first-order chi connectivity index (χ1) is 7.92. The molecular formula is C11H22N2O4. The lowest BCUT2D eigenvalue weighted by Gasteiger charge is -2.24. The number of likely N-dealkylation sites (N-methyl/N-ethyl adjacent to an activating group) is 1. The van der Waals surface area contributed by atoms with E-state index in [0.717, 1.165) is 0 Å². The Morgan fingerprint density at radius 3 is 2.41 bits per heavy atom. The van der Waals surface area contributed by atoms with Gasteiger partial charge in [-0.3, -0.25) is 4.79 Å². The van der Waals surface area contributed by atoms with Crippen LogP contribution in [0.15, 0.2) is 0 Å². The Morgan fingerprint density at radius 2 is 2.00 bits per heavy atom. The highest BCUT2D eigenvalue weighted by Gasteiger charge is 2.17. The van der Waals surface area contributed by atoms with Gasteiger partial charge < -0.3 is 20.4 Å². The predicted molar refractivity (Wildman–Crippen MR) is 63.7 cm³/mol. The van der Waals surface area contributed by atoms with Crippen LogP contribution in [0.2, 0.25) is 0 Å². The fraction of sp³-hybridized carbons (Fsp3) is 0.818. The number of urea groups is 1. The van der Waals surface area contributed by atoms with E-state index in [4.69, 9.17) is 10.2 Å². The molecule has 2 unspecified atom stereocenters. The van der Waals surface area contributed by atoms with Gasteiger partial charge in [0.2, 0.25) is 0 Å². The molecule has 0 aromatic heterocycles. The van der Waals surface area contributed by atoms with Crippen LogP contribution in [0.4, 0.5) is 4.79 Å². The molecule has 0 fully saturated rings. The molecule has 2 atom stereocenters. The predicted octanol–water partition coefficient (Wildman–Crippen LogP) is 0.509. The van der Waals surface area contributed by atoms with Gasteiger partial charge in [-0.1, -0.05) is 13.3 Å². The zero-order valence-electron chi connectivity index (χ0n) is 10.6. The zero-order valence-corrected chi connectivity index (χ0v) is 10.6. The molecule has 0 heterocycles. The third-order valence-electron chi connectivity index (χ3n) is 2.83. The molecule has 0 aliphatic rings. The fourth-order valence-corrected chi connectivity index (χ4v) is 1.29. The van der Waals surface area contributed by atoms with Crippen LogP contribution in [0, 0.1) is 5.92 Å². The van der Waals surface area contributed by atoms with Crippen LogP contribution in [-0.2, 0) is 4.79 Å². The number of carbonyl (C=O) groups is 2. The average Bonchev–Trinajstić information content (AvgIpc) is 2.31. The molecule has 2 amide bonds. The van der Waals surface area contributed by atoms with Crippen LogP contribution < -0.4 is 5.32 Å². The lowest BCUT2D eigenvalue weighted by molar-refractivity contribution is -0.138. The lowest BCUT2D eigenvalue weighted by atomic mass is 10.0. The maximum atomic E-state index is 11.6. The van der Waals surface area contributed by atoms with E-state index < -0.39 is 5.97 Å². The zero-order chi connectivity index (χ0) is 13.4. The standard InChI is InChI=1S/C11H22N2O4/c1-4-9(5-10(15)16)6-12-11(17)13(3)8(2)7-14/h8-9,14H,4-7H2,1-3H3,(H,12,17)(H,15,16). The molecule has 0 aliphatic heterocycles. The first-order valence-corrected chi connectivity index (χ1v) is 5.75. The Bertz CT molecular complexity index is 258. The molecule has 0 saturated carbocycles. The highest BCUT2D eigenvalue weighted by Crippen LogP contribution is 2.07. The van der Waals surface area contributed by atoms with E-state index in [1.54, 1.807) is 14.0 Å². The van der Waals surface area contributed by atoms with E-state index in [-0.39, 0.29) is 31.0 Å². The van der Waals surface area contributed by atoms with Crippen LogP contribution in [0.5, 0.6) is 0 Å². The Hall–Kier alpha value is -1.30. The highest BCUT2D eigenvalue weighted by molar-refractivity contribution is 5.74. The average molecular weight is 246 g/mol. The second-order valence-corrected chi connectivity index (χ2v) is 4.20. The van der Waals surface area contributed by atoms with Crippen molar-refractivity contribution in [2.75, 3.05) is 20.2 Å². The number of aliphatic carboxylic acids is 1. The van der Waals surface area contributed by atoms with Crippen molar-refractivity contribution in [2.24, 2.45) is 5.92 Å². The van der Waals surface area contributed by atoms with Crippen molar-refractivity contribution in [1.29, 1.82) is 0 Å². The summed E-state index contributed by atoms with van der Waals surface area (Å²) in [6, 6.07) is -0.551. The van der Waals surface area contributed by atoms with Crippen LogP contribution in [-0.4, -0.2) is 53.4 Å². The minimum atomic E-state index is -0.858. The summed E-state index contributed by atoms with van der Waals surface area (Å²) in [5, 5.41) is 20.2. The van der Waals surface area contributed by atoms with Gasteiger partial charge in [0.25, 0.3) is 0 Å². The number of amides is 2. The number of rotatable bonds is 7. The first-order valence-electron chi connectivity index (χ1n) is 5.75. The van der Waals surface area contributed by atoms with Crippen molar-refractivity contribution in [2.45, 2.75) is 32.7 Å². The molecule has 0 rings (SSSR count). The molecule has 0 saturated heterocycles. The number of aliphatic hydroxyl groups excluding tert-OH is 1. The van der Waals surface area contributed by atoms with Gasteiger partial charge in [0.1, 0.15) is 0 Å². The Kier molecular flexibility index (Phi) is 7.29. The summed E-state index contributed by atoms with van der Waals surface area (Å²) < 4.78 is 0. The largest absolute Gasteiger partial charge is 0.481 e. The minimum Gasteiger partial charge on any atom is -0.481 e. The van der Waals surface area contributed by atoms with Crippen LogP contribution >= 0.6 is 0 Å². The smallest absolute Gasteiger partial charge is 0.317 e. The second kappa shape index (κ2) is 7.89. The Morgan fingerprint density at radius 1 is 1.41 bits per heavy atom. The topological polar surface area (TPSA) is 89.9 Å². The molecule has 6 nitrogen and oxygen atoms in total. The van der Waals surface area contributed by atoms with Gasteiger partial charge in [-0.25, -0.2) is 4.79 Å². The molecule has 0 bridgehead atoms. The molecule has 100 valence electrons. The van der Waals surface area contributed by atoms with Gasteiger partial charge in [-0.15, -0.1) is 0 Å². The molecule has 0 spiro atoms. The summed E-state index contributed by atoms with van der Waals surface area (Å²) in [6.45, 7) is 3.86. The molecule has 0 aromatic rings. The number of carboxylic acid groups (broad SMARTS) is 1. The molecule has 0 aromatic carbocycles. The molecule has 6 heteroatoms. The molecule has 3 N–H and O–H groups in total. The van der Waals surface area contributed by atoms with Gasteiger partial charge in [0, 0.05) is 20.0 Å². The Balaban J connectivity index is 4.08. The molecule has 17 heavy (non-hydrogen) atoms. The third-order valence-corrected chi connectivity index (χ3v) is 2.83. The van der Waals surface area contributed by atoms with Gasteiger partial charge in [0.15, 0.2) is 0 Å². The number of nitrogens with zero attached hydrogens (tertiary/aromatic N) is 1. The van der Waals surface area contributed by atoms with Crippen molar-refractivity contribution in [3.05, 3.63) is 0 Å². The normalized spacial score (nSPS) is 13.9. The van der Waals surface area contributed by atoms with Crippen molar-refractivity contribution >= 4 is 12.0 Å². The highest BCUT2D eigenvalue weighted by atomic mass is 16.4. The number of carbonyl (C=O) groups excluding carboxylic acids is 1. The summed E-state index contributed by atoms with van der Waals surface area (Å²) in [4.78, 5) is 23.5. The van der Waals surface area contributed by atoms with E-state index in [1.807, 2.05) is 6.92 Å². The van der Waals surface area contributed by atoms with Gasteiger partial charge >= 0.3 is 12.0 Å². The van der Waals surface area contributed by atoms with E-state index in [0.29, 0.717) is 13.0 Å². The summed E-state index contributed by atoms with van der Waals surface area (Å²) in [5.41, 5.74) is 0. The van der Waals surface area contributed by atoms with Crippen molar-refractivity contribution in [3.63, 3.8) is 0 Å². The van der Waals surface area contributed by atoms with Gasteiger partial charge in [-0.2, -0.15) is 0 Å². The maximum Gasteiger partial charge on any atom is 0.317 e. The third kappa shape index (κ3) is 6.11. The van der Waals surface area contributed by atoms with Crippen LogP contribution in [0.25, 0.3) is 0 Å². The summed E-state index contributed by atoms with van der Waals surface area (Å²) in [5.74, 6) is -0.919. The van der Waals surface area contributed by atoms with Crippen LogP contribution in [0.1, 0.15) is 26.7 Å². The molecular weight excluding hydrogens is 224 g/mol. The lowest BCUT2D eigenvalue weighted by Crippen LogP contribution is -2.45. The minimum absolute atomic E-state index is 0.0516. The maximum absolute atomic E-state index is 11.6. The number of hydrogen-bond donors (Lipinski definition) is 3. The van der Waals surface area contributed by atoms with Crippen molar-refractivity contribution in [1.82, 2.24) is 10.2 Å². The van der Waals surface area contributed by atoms with Crippen LogP contribution in [0.3, 0.4) is 0 Å². The number of carboxylic acids is 1. The SMILES string of the molecule is CCC(CNC(=O)N(C)C(C)CO)CC(=O)O. The van der Waals surface area contributed by atoms with E-state index in [9.17, 15) is 9.59 Å². The fourth-order valence-electron chi connectivity index (χ4n) is 1.29. The summed E-state index contributed by atoms with van der Waals surface area (Å²) >= 11 is 0. The van der Waals surface area contributed by atoms with Crippen molar-refractivity contribution in [3.8, 4) is 0 Å². The number of nitrogens with one attached hydrogen (secondary N) is 1. The second-order valence-electron chi connectivity index (χ2n) is 4.20. The number of aliphatic hydroxyl groups is 1. The van der Waals surface area contributed by atoms with Gasteiger partial charge in [0.05, 0.1) is 12.6 Å². The van der Waals surface area contributed by atoms with Gasteiger partial charge in [-0.05, 0) is 12.8 Å². The Labute approximate surface area is 102 Å². The molecule has 0 aliphatic carbocycles. The first kappa shape index (κ1) is 15.7.